The number of hydrogen-bond donors (Lipinski definition) is 2. The molecule has 0 unspecified atom stereocenters. The third-order valence-corrected chi connectivity index (χ3v) is 5.01. The maximum Gasteiger partial charge on any atom is 0.315 e. The van der Waals surface area contributed by atoms with E-state index in [1.165, 1.54) is 29.5 Å². The fourth-order valence-electron chi connectivity index (χ4n) is 3.10. The number of non-ortho nitro benzene ring substituents is 1. The smallest absolute Gasteiger partial charge is 0.315 e. The van der Waals surface area contributed by atoms with E-state index in [4.69, 9.17) is 11.6 Å². The number of halogens is 1. The Morgan fingerprint density at radius 1 is 1.30 bits per heavy atom. The van der Waals surface area contributed by atoms with Gasteiger partial charge in [0.05, 0.1) is 4.92 Å². The first-order valence-corrected chi connectivity index (χ1v) is 9.45. The maximum absolute atomic E-state index is 12.2. The van der Waals surface area contributed by atoms with Gasteiger partial charge in [-0.3, -0.25) is 14.9 Å². The van der Waals surface area contributed by atoms with Crippen LogP contribution in [-0.2, 0) is 11.3 Å². The quantitative estimate of drug-likeness (QED) is 0.545. The van der Waals surface area contributed by atoms with Gasteiger partial charge in [0.15, 0.2) is 0 Å². The molecule has 2 N–H and O–H groups in total. The predicted molar refractivity (Wildman–Crippen MR) is 103 cm³/mol. The molecule has 1 saturated carbocycles. The first-order chi connectivity index (χ1) is 12.9. The van der Waals surface area contributed by atoms with Crippen LogP contribution in [0.1, 0.15) is 44.1 Å². The number of nitrogens with zero attached hydrogens (tertiary/aromatic N) is 2. The summed E-state index contributed by atoms with van der Waals surface area (Å²) in [6.45, 7) is 0.387. The number of hydrogen-bond acceptors (Lipinski definition) is 4. The third-order valence-electron chi connectivity index (χ3n) is 4.64. The summed E-state index contributed by atoms with van der Waals surface area (Å²) in [5.41, 5.74) is 0.431. The van der Waals surface area contributed by atoms with Crippen LogP contribution in [0.5, 0.6) is 0 Å². The molecule has 1 fully saturated rings. The van der Waals surface area contributed by atoms with Crippen LogP contribution in [0.15, 0.2) is 18.2 Å². The Morgan fingerprint density at radius 2 is 2.00 bits per heavy atom. The summed E-state index contributed by atoms with van der Waals surface area (Å²) in [6.07, 6.45) is 5.62. The Bertz CT molecular complexity index is 692. The highest BCUT2D eigenvalue weighted by molar-refractivity contribution is 6.31. The zero-order valence-corrected chi connectivity index (χ0v) is 16.1. The number of benzene rings is 1. The van der Waals surface area contributed by atoms with Crippen molar-refractivity contribution in [3.05, 3.63) is 38.9 Å². The van der Waals surface area contributed by atoms with Crippen molar-refractivity contribution in [3.8, 4) is 0 Å². The summed E-state index contributed by atoms with van der Waals surface area (Å²) >= 11 is 6.06. The molecule has 1 aliphatic rings. The topological polar surface area (TPSA) is 105 Å². The molecule has 0 aromatic heterocycles. The molecule has 9 heteroatoms. The summed E-state index contributed by atoms with van der Waals surface area (Å²) in [4.78, 5) is 35.9. The van der Waals surface area contributed by atoms with Crippen LogP contribution >= 0.6 is 11.6 Å². The highest BCUT2D eigenvalue weighted by atomic mass is 35.5. The predicted octanol–water partition coefficient (Wildman–Crippen LogP) is 3.23. The van der Waals surface area contributed by atoms with Gasteiger partial charge in [-0.25, -0.2) is 4.79 Å². The highest BCUT2D eigenvalue weighted by Gasteiger charge is 2.17. The van der Waals surface area contributed by atoms with Crippen molar-refractivity contribution in [2.75, 3.05) is 13.6 Å². The van der Waals surface area contributed by atoms with Crippen molar-refractivity contribution in [2.24, 2.45) is 0 Å². The second-order valence-electron chi connectivity index (χ2n) is 6.77. The van der Waals surface area contributed by atoms with Gasteiger partial charge >= 0.3 is 6.03 Å². The van der Waals surface area contributed by atoms with Crippen molar-refractivity contribution in [1.82, 2.24) is 15.5 Å². The van der Waals surface area contributed by atoms with Crippen molar-refractivity contribution >= 4 is 29.2 Å². The SMILES string of the molecule is CN(Cc1cc([N+](=O)[O-])ccc1Cl)C(=O)CCNC(=O)NC1CCCCC1. The van der Waals surface area contributed by atoms with E-state index in [0.29, 0.717) is 10.6 Å². The Morgan fingerprint density at radius 3 is 2.67 bits per heavy atom. The molecule has 1 aromatic carbocycles. The van der Waals surface area contributed by atoms with Crippen molar-refractivity contribution < 1.29 is 14.5 Å². The zero-order valence-electron chi connectivity index (χ0n) is 15.4. The molecule has 8 nitrogen and oxygen atoms in total. The molecule has 1 aliphatic carbocycles. The van der Waals surface area contributed by atoms with E-state index in [2.05, 4.69) is 10.6 Å². The molecular weight excluding hydrogens is 372 g/mol. The fraction of sp³-hybridized carbons (Fsp3) is 0.556. The minimum absolute atomic E-state index is 0.0729. The van der Waals surface area contributed by atoms with Crippen LogP contribution in [0, 0.1) is 10.1 Å². The summed E-state index contributed by atoms with van der Waals surface area (Å²) in [6, 6.07) is 4.10. The van der Waals surface area contributed by atoms with E-state index in [-0.39, 0.29) is 43.2 Å². The number of amides is 3. The Kier molecular flexibility index (Phi) is 7.84. The van der Waals surface area contributed by atoms with E-state index in [0.717, 1.165) is 25.7 Å². The monoisotopic (exact) mass is 396 g/mol. The molecule has 1 aromatic rings. The summed E-state index contributed by atoms with van der Waals surface area (Å²) in [7, 11) is 1.60. The number of urea groups is 1. The van der Waals surface area contributed by atoms with Crippen LogP contribution < -0.4 is 10.6 Å². The van der Waals surface area contributed by atoms with Crippen molar-refractivity contribution in [1.29, 1.82) is 0 Å². The van der Waals surface area contributed by atoms with Gasteiger partial charge in [-0.05, 0) is 24.5 Å². The molecule has 3 amide bonds. The number of nitro benzene ring substituents is 1. The maximum atomic E-state index is 12.2. The van der Waals surface area contributed by atoms with Crippen LogP contribution in [0.2, 0.25) is 5.02 Å². The average molecular weight is 397 g/mol. The first kappa shape index (κ1) is 21.0. The van der Waals surface area contributed by atoms with Gasteiger partial charge in [0, 0.05) is 49.8 Å². The first-order valence-electron chi connectivity index (χ1n) is 9.08. The largest absolute Gasteiger partial charge is 0.341 e. The van der Waals surface area contributed by atoms with Crippen molar-refractivity contribution in [2.45, 2.75) is 51.1 Å². The van der Waals surface area contributed by atoms with Gasteiger partial charge < -0.3 is 15.5 Å². The van der Waals surface area contributed by atoms with E-state index >= 15 is 0 Å². The summed E-state index contributed by atoms with van der Waals surface area (Å²) < 4.78 is 0. The van der Waals surface area contributed by atoms with Gasteiger partial charge in [-0.2, -0.15) is 0 Å². The second-order valence-corrected chi connectivity index (χ2v) is 7.17. The normalized spacial score (nSPS) is 14.4. The Balaban J connectivity index is 1.76. The van der Waals surface area contributed by atoms with Crippen LogP contribution in [-0.4, -0.2) is 41.4 Å². The molecule has 148 valence electrons. The lowest BCUT2D eigenvalue weighted by Crippen LogP contribution is -2.43. The molecular formula is C18H25ClN4O4. The number of nitro groups is 1. The minimum Gasteiger partial charge on any atom is -0.341 e. The number of carbonyl (C=O) groups excluding carboxylic acids is 2. The molecule has 0 radical (unpaired) electrons. The number of nitrogens with one attached hydrogen (secondary N) is 2. The summed E-state index contributed by atoms with van der Waals surface area (Å²) in [5, 5.41) is 16.9. The van der Waals surface area contributed by atoms with Gasteiger partial charge in [0.25, 0.3) is 5.69 Å². The molecule has 2 rings (SSSR count). The Labute approximate surface area is 163 Å². The number of carbonyl (C=O) groups is 2. The Hall–Kier alpha value is -2.35. The molecule has 0 heterocycles. The van der Waals surface area contributed by atoms with Gasteiger partial charge in [-0.1, -0.05) is 30.9 Å². The highest BCUT2D eigenvalue weighted by Crippen LogP contribution is 2.23. The fourth-order valence-corrected chi connectivity index (χ4v) is 3.27. The number of rotatable bonds is 7. The van der Waals surface area contributed by atoms with Gasteiger partial charge in [-0.15, -0.1) is 0 Å². The van der Waals surface area contributed by atoms with Gasteiger partial charge in [0.1, 0.15) is 0 Å². The van der Waals surface area contributed by atoms with E-state index in [1.807, 2.05) is 0 Å². The van der Waals surface area contributed by atoms with E-state index < -0.39 is 4.92 Å². The third kappa shape index (κ3) is 6.71. The lowest BCUT2D eigenvalue weighted by molar-refractivity contribution is -0.384. The van der Waals surface area contributed by atoms with E-state index in [9.17, 15) is 19.7 Å². The molecule has 0 aliphatic heterocycles. The van der Waals surface area contributed by atoms with Gasteiger partial charge in [0.2, 0.25) is 5.91 Å². The van der Waals surface area contributed by atoms with E-state index in [1.54, 1.807) is 7.05 Å². The second kappa shape index (κ2) is 10.1. The lowest BCUT2D eigenvalue weighted by Gasteiger charge is -2.23. The van der Waals surface area contributed by atoms with Crippen LogP contribution in [0.4, 0.5) is 10.5 Å². The minimum atomic E-state index is -0.503. The average Bonchev–Trinajstić information content (AvgIpc) is 2.64. The van der Waals surface area contributed by atoms with Crippen LogP contribution in [0.25, 0.3) is 0 Å². The summed E-state index contributed by atoms with van der Waals surface area (Å²) in [5.74, 6) is -0.185. The van der Waals surface area contributed by atoms with Crippen molar-refractivity contribution in [3.63, 3.8) is 0 Å². The molecule has 0 bridgehead atoms. The van der Waals surface area contributed by atoms with Crippen LogP contribution in [0.3, 0.4) is 0 Å². The standard InChI is InChI=1S/C18H25ClN4O4/c1-22(12-13-11-15(23(26)27)7-8-16(13)19)17(24)9-10-20-18(25)21-14-5-3-2-4-6-14/h7-8,11,14H,2-6,9-10,12H2,1H3,(H2,20,21,25). The zero-order chi connectivity index (χ0) is 19.8. The molecule has 0 spiro atoms. The lowest BCUT2D eigenvalue weighted by atomic mass is 9.96. The molecule has 27 heavy (non-hydrogen) atoms. The molecule has 0 atom stereocenters. The molecule has 0 saturated heterocycles.